The molecule has 5 heteroatoms. The fraction of sp³-hybridized carbons (Fsp3) is 0.429. The van der Waals surface area contributed by atoms with Crippen LogP contribution in [0.2, 0.25) is 0 Å². The molecule has 0 atom stereocenters. The van der Waals surface area contributed by atoms with Gasteiger partial charge >= 0.3 is 0 Å². The summed E-state index contributed by atoms with van der Waals surface area (Å²) >= 11 is 0. The van der Waals surface area contributed by atoms with Crippen LogP contribution in [-0.4, -0.2) is 10.1 Å². The number of nitrogens with two attached hydrogens (primary N) is 1. The normalized spacial score (nSPS) is 11.8. The molecule has 0 unspecified atom stereocenters. The van der Waals surface area contributed by atoms with Gasteiger partial charge in [-0.1, -0.05) is 25.1 Å². The van der Waals surface area contributed by atoms with Gasteiger partial charge in [-0.3, -0.25) is 0 Å². The number of nitrogens with zero attached hydrogens (tertiary/aromatic N) is 2. The van der Waals surface area contributed by atoms with Crippen molar-refractivity contribution in [2.24, 2.45) is 5.73 Å². The zero-order valence-corrected chi connectivity index (χ0v) is 11.4. The van der Waals surface area contributed by atoms with Gasteiger partial charge in [0, 0.05) is 5.56 Å². The van der Waals surface area contributed by atoms with Gasteiger partial charge in [-0.25, -0.2) is 4.39 Å². The molecule has 0 spiro atoms. The first-order valence-corrected chi connectivity index (χ1v) is 6.39. The van der Waals surface area contributed by atoms with Crippen LogP contribution in [0.3, 0.4) is 0 Å². The third-order valence-electron chi connectivity index (χ3n) is 3.56. The number of hydrogen-bond donors (Lipinski definition) is 1. The third-order valence-corrected chi connectivity index (χ3v) is 3.56. The molecule has 0 aliphatic carbocycles. The molecular weight excluding hydrogens is 245 g/mol. The maximum atomic E-state index is 13.3. The molecular formula is C14H18FN3O. The Morgan fingerprint density at radius 2 is 2.00 bits per heavy atom. The summed E-state index contributed by atoms with van der Waals surface area (Å²) in [5.74, 6) is 0.449. The summed E-state index contributed by atoms with van der Waals surface area (Å²) < 4.78 is 18.5. The third kappa shape index (κ3) is 2.51. The fourth-order valence-corrected chi connectivity index (χ4v) is 1.93. The summed E-state index contributed by atoms with van der Waals surface area (Å²) in [6.45, 7) is 5.83. The molecule has 1 aromatic heterocycles. The van der Waals surface area contributed by atoms with E-state index in [1.54, 1.807) is 6.07 Å². The highest BCUT2D eigenvalue weighted by molar-refractivity contribution is 5.58. The predicted molar refractivity (Wildman–Crippen MR) is 70.9 cm³/mol. The van der Waals surface area contributed by atoms with E-state index in [9.17, 15) is 4.39 Å². The van der Waals surface area contributed by atoms with Gasteiger partial charge < -0.3 is 10.3 Å². The van der Waals surface area contributed by atoms with Crippen molar-refractivity contribution in [3.8, 4) is 11.5 Å². The molecule has 2 aromatic rings. The highest BCUT2D eigenvalue weighted by atomic mass is 19.1. The first-order chi connectivity index (χ1) is 9.00. The molecule has 0 aliphatic rings. The lowest BCUT2D eigenvalue weighted by atomic mass is 9.93. The minimum Gasteiger partial charge on any atom is -0.334 e. The van der Waals surface area contributed by atoms with Gasteiger partial charge in [-0.2, -0.15) is 4.98 Å². The summed E-state index contributed by atoms with van der Waals surface area (Å²) in [6.07, 6.45) is 1.43. The topological polar surface area (TPSA) is 64.9 Å². The number of hydrogen-bond acceptors (Lipinski definition) is 4. The molecule has 0 radical (unpaired) electrons. The first kappa shape index (κ1) is 13.7. The Bertz CT molecular complexity index is 576. The van der Waals surface area contributed by atoms with E-state index in [1.807, 2.05) is 20.8 Å². The molecule has 0 fully saturated rings. The maximum absolute atomic E-state index is 13.3. The van der Waals surface area contributed by atoms with Crippen LogP contribution in [0.25, 0.3) is 11.5 Å². The van der Waals surface area contributed by atoms with E-state index >= 15 is 0 Å². The second kappa shape index (κ2) is 5.09. The van der Waals surface area contributed by atoms with Crippen LogP contribution in [0.1, 0.15) is 38.1 Å². The Balaban J connectivity index is 2.44. The van der Waals surface area contributed by atoms with Crippen molar-refractivity contribution in [1.29, 1.82) is 0 Å². The van der Waals surface area contributed by atoms with Gasteiger partial charge in [0.2, 0.25) is 0 Å². The Hall–Kier alpha value is -1.75. The second-order valence-corrected chi connectivity index (χ2v) is 4.75. The Morgan fingerprint density at radius 1 is 1.32 bits per heavy atom. The van der Waals surface area contributed by atoms with E-state index in [0.29, 0.717) is 30.1 Å². The van der Waals surface area contributed by atoms with E-state index in [2.05, 4.69) is 10.1 Å². The van der Waals surface area contributed by atoms with Crippen LogP contribution >= 0.6 is 0 Å². The fourth-order valence-electron chi connectivity index (χ4n) is 1.93. The monoisotopic (exact) mass is 263 g/mol. The smallest absolute Gasteiger partial charge is 0.258 e. The lowest BCUT2D eigenvalue weighted by Gasteiger charge is -2.21. The van der Waals surface area contributed by atoms with Crippen LogP contribution in [0.15, 0.2) is 22.7 Å². The van der Waals surface area contributed by atoms with Gasteiger partial charge in [-0.15, -0.1) is 0 Å². The molecule has 0 saturated heterocycles. The number of aryl methyl sites for hydroxylation is 1. The van der Waals surface area contributed by atoms with Crippen molar-refractivity contribution in [3.05, 3.63) is 35.4 Å². The van der Waals surface area contributed by atoms with Crippen LogP contribution in [-0.2, 0) is 5.54 Å². The van der Waals surface area contributed by atoms with E-state index in [-0.39, 0.29) is 5.82 Å². The maximum Gasteiger partial charge on any atom is 0.258 e. The Morgan fingerprint density at radius 3 is 2.63 bits per heavy atom. The van der Waals surface area contributed by atoms with Crippen LogP contribution in [0.4, 0.5) is 4.39 Å². The molecule has 1 aromatic carbocycles. The lowest BCUT2D eigenvalue weighted by molar-refractivity contribution is 0.350. The van der Waals surface area contributed by atoms with Crippen molar-refractivity contribution in [2.45, 2.75) is 39.2 Å². The summed E-state index contributed by atoms with van der Waals surface area (Å²) in [7, 11) is 0. The van der Waals surface area contributed by atoms with Crippen molar-refractivity contribution in [1.82, 2.24) is 10.1 Å². The molecule has 2 N–H and O–H groups in total. The zero-order chi connectivity index (χ0) is 14.0. The molecule has 0 saturated carbocycles. The van der Waals surface area contributed by atoms with Gasteiger partial charge in [0.25, 0.3) is 5.89 Å². The van der Waals surface area contributed by atoms with E-state index in [1.165, 1.54) is 12.1 Å². The quantitative estimate of drug-likeness (QED) is 0.920. The van der Waals surface area contributed by atoms with E-state index in [4.69, 9.17) is 10.3 Å². The summed E-state index contributed by atoms with van der Waals surface area (Å²) in [5, 5.41) is 3.94. The van der Waals surface area contributed by atoms with Gasteiger partial charge in [0.05, 0.1) is 5.54 Å². The average molecular weight is 263 g/mol. The molecule has 4 nitrogen and oxygen atoms in total. The number of rotatable bonds is 4. The molecule has 19 heavy (non-hydrogen) atoms. The lowest BCUT2D eigenvalue weighted by Crippen LogP contribution is -2.36. The minimum absolute atomic E-state index is 0.309. The van der Waals surface area contributed by atoms with Crippen LogP contribution < -0.4 is 5.73 Å². The Kier molecular flexibility index (Phi) is 3.66. The molecule has 0 amide bonds. The summed E-state index contributed by atoms with van der Waals surface area (Å²) in [6, 6.07) is 4.48. The molecule has 0 aliphatic heterocycles. The zero-order valence-electron chi connectivity index (χ0n) is 11.4. The average Bonchev–Trinajstić information content (AvgIpc) is 2.90. The van der Waals surface area contributed by atoms with Crippen molar-refractivity contribution < 1.29 is 8.91 Å². The van der Waals surface area contributed by atoms with E-state index in [0.717, 1.165) is 5.56 Å². The SMILES string of the molecule is CCC(N)(CC)c1noc(-c2cc(F)ccc2C)n1. The van der Waals surface area contributed by atoms with E-state index < -0.39 is 5.54 Å². The molecule has 0 bridgehead atoms. The Labute approximate surface area is 111 Å². The predicted octanol–water partition coefficient (Wildman–Crippen LogP) is 3.16. The summed E-state index contributed by atoms with van der Waals surface area (Å²) in [5.41, 5.74) is 7.11. The van der Waals surface area contributed by atoms with Crippen molar-refractivity contribution in [2.75, 3.05) is 0 Å². The standard InChI is InChI=1S/C14H18FN3O/c1-4-14(16,5-2)13-17-12(19-18-13)11-8-10(15)7-6-9(11)3/h6-8H,4-5,16H2,1-3H3. The van der Waals surface area contributed by atoms with Gasteiger partial charge in [0.1, 0.15) is 5.82 Å². The highest BCUT2D eigenvalue weighted by Crippen LogP contribution is 2.27. The highest BCUT2D eigenvalue weighted by Gasteiger charge is 2.29. The molecule has 1 heterocycles. The van der Waals surface area contributed by atoms with Crippen molar-refractivity contribution >= 4 is 0 Å². The van der Waals surface area contributed by atoms with Gasteiger partial charge in [0.15, 0.2) is 5.82 Å². The van der Waals surface area contributed by atoms with Crippen LogP contribution in [0.5, 0.6) is 0 Å². The van der Waals surface area contributed by atoms with Crippen molar-refractivity contribution in [3.63, 3.8) is 0 Å². The molecule has 2 rings (SSSR count). The van der Waals surface area contributed by atoms with Crippen LogP contribution in [0, 0.1) is 12.7 Å². The number of aromatic nitrogens is 2. The number of benzene rings is 1. The largest absolute Gasteiger partial charge is 0.334 e. The molecule has 102 valence electrons. The summed E-state index contributed by atoms with van der Waals surface area (Å²) in [4.78, 5) is 4.33. The first-order valence-electron chi connectivity index (χ1n) is 6.39. The number of halogens is 1. The second-order valence-electron chi connectivity index (χ2n) is 4.75. The van der Waals surface area contributed by atoms with Gasteiger partial charge in [-0.05, 0) is 37.5 Å². The minimum atomic E-state index is -0.594.